The second-order valence-electron chi connectivity index (χ2n) is 4.62. The number of guanidine groups is 1. The van der Waals surface area contributed by atoms with E-state index >= 15 is 0 Å². The Kier molecular flexibility index (Phi) is 6.73. The van der Waals surface area contributed by atoms with Crippen LogP contribution in [0, 0.1) is 0 Å². The monoisotopic (exact) mass is 397 g/mol. The van der Waals surface area contributed by atoms with E-state index in [0.29, 0.717) is 18.0 Å². The predicted molar refractivity (Wildman–Crippen MR) is 100 cm³/mol. The van der Waals surface area contributed by atoms with Crippen molar-refractivity contribution in [1.82, 2.24) is 5.32 Å². The van der Waals surface area contributed by atoms with Crippen molar-refractivity contribution in [1.29, 1.82) is 0 Å². The molecule has 0 unspecified atom stereocenters. The van der Waals surface area contributed by atoms with Crippen molar-refractivity contribution >= 4 is 38.9 Å². The normalized spacial score (nSPS) is 11.2. The smallest absolute Gasteiger partial charge is 0.196 e. The van der Waals surface area contributed by atoms with Crippen LogP contribution in [0.2, 0.25) is 0 Å². The maximum atomic E-state index is 5.32. The van der Waals surface area contributed by atoms with E-state index in [9.17, 15) is 0 Å². The summed E-state index contributed by atoms with van der Waals surface area (Å²) in [6.45, 7) is 3.44. The minimum absolute atomic E-state index is 0.624. The summed E-state index contributed by atoms with van der Waals surface area (Å²) in [7, 11) is 3.24. The van der Waals surface area contributed by atoms with Crippen molar-refractivity contribution in [3.63, 3.8) is 0 Å². The molecule has 0 fully saturated rings. The summed E-state index contributed by atoms with van der Waals surface area (Å²) in [5, 5.41) is 8.57. The summed E-state index contributed by atoms with van der Waals surface area (Å²) in [6, 6.07) is 7.75. The molecule has 2 rings (SSSR count). The lowest BCUT2D eigenvalue weighted by atomic mass is 10.3. The van der Waals surface area contributed by atoms with Gasteiger partial charge in [0.1, 0.15) is 0 Å². The van der Waals surface area contributed by atoms with Crippen LogP contribution in [-0.4, -0.2) is 26.7 Å². The van der Waals surface area contributed by atoms with Gasteiger partial charge in [-0.05, 0) is 41.1 Å². The zero-order valence-electron chi connectivity index (χ0n) is 13.4. The number of anilines is 1. The first-order chi connectivity index (χ1) is 11.2. The van der Waals surface area contributed by atoms with Gasteiger partial charge in [-0.15, -0.1) is 11.3 Å². The van der Waals surface area contributed by atoms with E-state index in [-0.39, 0.29) is 0 Å². The highest BCUT2D eigenvalue weighted by atomic mass is 79.9. The van der Waals surface area contributed by atoms with E-state index in [1.807, 2.05) is 25.1 Å². The van der Waals surface area contributed by atoms with Gasteiger partial charge in [-0.25, -0.2) is 4.99 Å². The Morgan fingerprint density at radius 2 is 2.00 bits per heavy atom. The largest absolute Gasteiger partial charge is 0.493 e. The van der Waals surface area contributed by atoms with Gasteiger partial charge in [0.15, 0.2) is 17.5 Å². The van der Waals surface area contributed by atoms with Gasteiger partial charge in [0.25, 0.3) is 0 Å². The molecule has 0 atom stereocenters. The fourth-order valence-corrected chi connectivity index (χ4v) is 3.33. The van der Waals surface area contributed by atoms with E-state index in [0.717, 1.165) is 22.7 Å². The molecule has 7 heteroatoms. The van der Waals surface area contributed by atoms with Gasteiger partial charge in [0.05, 0.1) is 20.8 Å². The van der Waals surface area contributed by atoms with Crippen LogP contribution in [0.3, 0.4) is 0 Å². The third kappa shape index (κ3) is 5.14. The minimum atomic E-state index is 0.624. The molecule has 0 aliphatic heterocycles. The highest BCUT2D eigenvalue weighted by molar-refractivity contribution is 9.10. The summed E-state index contributed by atoms with van der Waals surface area (Å²) in [5.41, 5.74) is 0.884. The number of halogens is 1. The number of rotatable bonds is 6. The molecule has 0 amide bonds. The van der Waals surface area contributed by atoms with Crippen molar-refractivity contribution in [2.45, 2.75) is 13.5 Å². The zero-order valence-corrected chi connectivity index (χ0v) is 15.8. The first kappa shape index (κ1) is 17.6. The van der Waals surface area contributed by atoms with Crippen LogP contribution >= 0.6 is 27.3 Å². The molecule has 0 saturated carbocycles. The fourth-order valence-electron chi connectivity index (χ4n) is 1.95. The maximum Gasteiger partial charge on any atom is 0.196 e. The van der Waals surface area contributed by atoms with Crippen molar-refractivity contribution < 1.29 is 9.47 Å². The first-order valence-corrected chi connectivity index (χ1v) is 8.83. The molecule has 23 heavy (non-hydrogen) atoms. The molecule has 0 spiro atoms. The topological polar surface area (TPSA) is 54.9 Å². The second-order valence-corrected chi connectivity index (χ2v) is 6.53. The highest BCUT2D eigenvalue weighted by Crippen LogP contribution is 2.29. The number of benzene rings is 1. The van der Waals surface area contributed by atoms with Crippen molar-refractivity contribution in [2.75, 3.05) is 26.1 Å². The minimum Gasteiger partial charge on any atom is -0.493 e. The average molecular weight is 398 g/mol. The summed E-state index contributed by atoms with van der Waals surface area (Å²) in [4.78, 5) is 5.80. The van der Waals surface area contributed by atoms with Gasteiger partial charge < -0.3 is 20.1 Å². The Labute approximate surface area is 148 Å². The number of hydrogen-bond acceptors (Lipinski definition) is 4. The fraction of sp³-hybridized carbons (Fsp3) is 0.312. The molecule has 0 radical (unpaired) electrons. The van der Waals surface area contributed by atoms with Gasteiger partial charge >= 0.3 is 0 Å². The maximum absolute atomic E-state index is 5.32. The number of methoxy groups -OCH3 is 2. The van der Waals surface area contributed by atoms with E-state index in [4.69, 9.17) is 9.47 Å². The predicted octanol–water partition coefficient (Wildman–Crippen LogP) is 4.11. The zero-order chi connectivity index (χ0) is 16.7. The van der Waals surface area contributed by atoms with E-state index in [2.05, 4.69) is 43.0 Å². The lowest BCUT2D eigenvalue weighted by Crippen LogP contribution is -2.30. The Hall–Kier alpha value is -1.73. The number of thiophene rings is 1. The number of ether oxygens (including phenoxy) is 2. The second kappa shape index (κ2) is 8.79. The van der Waals surface area contributed by atoms with Gasteiger partial charge in [-0.1, -0.05) is 0 Å². The lowest BCUT2D eigenvalue weighted by molar-refractivity contribution is 0.355. The van der Waals surface area contributed by atoms with Crippen LogP contribution in [0.15, 0.2) is 39.1 Å². The molecule has 1 heterocycles. The Morgan fingerprint density at radius 3 is 2.61 bits per heavy atom. The van der Waals surface area contributed by atoms with Gasteiger partial charge in [-0.2, -0.15) is 0 Å². The van der Waals surface area contributed by atoms with E-state index in [1.165, 1.54) is 4.88 Å². The number of nitrogens with one attached hydrogen (secondary N) is 2. The molecule has 0 bridgehead atoms. The van der Waals surface area contributed by atoms with Crippen molar-refractivity contribution in [2.24, 2.45) is 4.99 Å². The molecule has 0 aliphatic rings. The van der Waals surface area contributed by atoms with Crippen LogP contribution in [0.4, 0.5) is 5.69 Å². The first-order valence-electron chi connectivity index (χ1n) is 7.16. The molecule has 5 nitrogen and oxygen atoms in total. The van der Waals surface area contributed by atoms with Crippen LogP contribution in [0.1, 0.15) is 11.8 Å². The molecular weight excluding hydrogens is 378 g/mol. The molecular formula is C16H20BrN3O2S. The molecule has 124 valence electrons. The quantitative estimate of drug-likeness (QED) is 0.568. The summed E-state index contributed by atoms with van der Waals surface area (Å²) < 4.78 is 11.7. The third-order valence-corrected chi connectivity index (χ3v) is 4.69. The Balaban J connectivity index is 2.12. The molecule has 2 aromatic rings. The Bertz CT molecular complexity index is 673. The summed E-state index contributed by atoms with van der Waals surface area (Å²) in [5.74, 6) is 2.10. The van der Waals surface area contributed by atoms with Gasteiger partial charge in [0, 0.05) is 33.0 Å². The molecule has 1 aromatic carbocycles. The molecule has 2 N–H and O–H groups in total. The number of nitrogens with zero attached hydrogens (tertiary/aromatic N) is 1. The van der Waals surface area contributed by atoms with Crippen LogP contribution in [0.25, 0.3) is 0 Å². The van der Waals surface area contributed by atoms with Crippen LogP contribution < -0.4 is 20.1 Å². The van der Waals surface area contributed by atoms with E-state index < -0.39 is 0 Å². The van der Waals surface area contributed by atoms with Crippen LogP contribution in [0.5, 0.6) is 11.5 Å². The third-order valence-electron chi connectivity index (χ3n) is 3.01. The average Bonchev–Trinajstić information content (AvgIpc) is 2.98. The number of hydrogen-bond donors (Lipinski definition) is 2. The molecule has 0 saturated heterocycles. The summed E-state index contributed by atoms with van der Waals surface area (Å²) >= 11 is 5.14. The van der Waals surface area contributed by atoms with Gasteiger partial charge in [-0.3, -0.25) is 0 Å². The summed E-state index contributed by atoms with van der Waals surface area (Å²) in [6.07, 6.45) is 0. The standard InChI is InChI=1S/C16H20BrN3O2S/c1-4-18-16(19-9-13-7-11(17)10-23-13)20-12-5-6-14(21-2)15(8-12)22-3/h5-8,10H,4,9H2,1-3H3,(H2,18,19,20). The van der Waals surface area contributed by atoms with Gasteiger partial charge in [0.2, 0.25) is 0 Å². The molecule has 0 aliphatic carbocycles. The number of aliphatic imine (C=N–C) groups is 1. The van der Waals surface area contributed by atoms with E-state index in [1.54, 1.807) is 25.6 Å². The van der Waals surface area contributed by atoms with Crippen molar-refractivity contribution in [3.8, 4) is 11.5 Å². The lowest BCUT2D eigenvalue weighted by Gasteiger charge is -2.13. The van der Waals surface area contributed by atoms with Crippen LogP contribution in [-0.2, 0) is 6.54 Å². The Morgan fingerprint density at radius 1 is 1.22 bits per heavy atom. The molecule has 1 aromatic heterocycles. The highest BCUT2D eigenvalue weighted by Gasteiger charge is 2.06. The van der Waals surface area contributed by atoms with Crippen molar-refractivity contribution in [3.05, 3.63) is 39.0 Å². The SMILES string of the molecule is CCNC(=NCc1cc(Br)cs1)Nc1ccc(OC)c(OC)c1.